The summed E-state index contributed by atoms with van der Waals surface area (Å²) >= 11 is 6.25. The Hall–Kier alpha value is -2.63. The van der Waals surface area contributed by atoms with Crippen LogP contribution in [-0.4, -0.2) is 45.7 Å². The van der Waals surface area contributed by atoms with Crippen LogP contribution in [0, 0.1) is 0 Å². The lowest BCUT2D eigenvalue weighted by Gasteiger charge is -2.26. The summed E-state index contributed by atoms with van der Waals surface area (Å²) in [5, 5.41) is 1.04. The number of benzene rings is 1. The molecule has 0 unspecified atom stereocenters. The minimum atomic E-state index is -4.46. The van der Waals surface area contributed by atoms with Gasteiger partial charge < -0.3 is 9.32 Å². The number of hydrazine groups is 1. The lowest BCUT2D eigenvalue weighted by molar-refractivity contribution is -0.137. The summed E-state index contributed by atoms with van der Waals surface area (Å²) in [5.41, 5.74) is 2.05. The van der Waals surface area contributed by atoms with Crippen molar-refractivity contribution >= 4 is 46.2 Å². The van der Waals surface area contributed by atoms with E-state index in [1.54, 1.807) is 6.07 Å². The van der Waals surface area contributed by atoms with E-state index in [-0.39, 0.29) is 38.6 Å². The second-order valence-corrected chi connectivity index (χ2v) is 9.66. The first-order chi connectivity index (χ1) is 16.2. The fraction of sp³-hybridized carbons (Fsp3) is 0.348. The van der Waals surface area contributed by atoms with Crippen molar-refractivity contribution in [2.45, 2.75) is 31.9 Å². The summed E-state index contributed by atoms with van der Waals surface area (Å²) in [7, 11) is 0. The fourth-order valence-electron chi connectivity index (χ4n) is 3.75. The van der Waals surface area contributed by atoms with Crippen LogP contribution < -0.4 is 5.43 Å². The third-order valence-corrected chi connectivity index (χ3v) is 6.81. The Bertz CT molecular complexity index is 1120. The number of piperidine rings is 1. The number of likely N-dealkylation sites (tertiary alicyclic amines) is 1. The van der Waals surface area contributed by atoms with Crippen molar-refractivity contribution in [3.63, 3.8) is 0 Å². The van der Waals surface area contributed by atoms with Gasteiger partial charge in [0, 0.05) is 24.6 Å². The maximum Gasteiger partial charge on any atom is 0.416 e. The number of carbonyl (C=O) groups excluding carboxylic acids is 2. The molecule has 2 amide bonds. The van der Waals surface area contributed by atoms with Crippen LogP contribution in [0.4, 0.5) is 13.2 Å². The molecule has 2 aromatic rings. The largest absolute Gasteiger partial charge is 0.457 e. The molecule has 1 aromatic carbocycles. The van der Waals surface area contributed by atoms with Gasteiger partial charge in [0.25, 0.3) is 5.91 Å². The normalized spacial score (nSPS) is 18.7. The summed E-state index contributed by atoms with van der Waals surface area (Å²) in [6.45, 7) is 2.58. The van der Waals surface area contributed by atoms with Crippen LogP contribution in [0.2, 0.25) is 0 Å². The molecule has 34 heavy (non-hydrogen) atoms. The Morgan fingerprint density at radius 1 is 1.18 bits per heavy atom. The van der Waals surface area contributed by atoms with Gasteiger partial charge in [0.1, 0.15) is 11.5 Å². The van der Waals surface area contributed by atoms with Gasteiger partial charge in [-0.2, -0.15) is 18.2 Å². The minimum absolute atomic E-state index is 0.187. The molecule has 1 aromatic heterocycles. The topological polar surface area (TPSA) is 65.8 Å². The Kier molecular flexibility index (Phi) is 7.44. The summed E-state index contributed by atoms with van der Waals surface area (Å²) in [6, 6.07) is 7.89. The number of nitrogens with zero attached hydrogens (tertiary/aromatic N) is 2. The molecule has 0 aliphatic carbocycles. The molecule has 0 atom stereocenters. The van der Waals surface area contributed by atoms with Crippen molar-refractivity contribution in [2.24, 2.45) is 0 Å². The van der Waals surface area contributed by atoms with Crippen LogP contribution in [0.5, 0.6) is 0 Å². The zero-order chi connectivity index (χ0) is 24.3. The lowest BCUT2D eigenvalue weighted by atomic mass is 10.1. The van der Waals surface area contributed by atoms with E-state index in [1.165, 1.54) is 30.7 Å². The van der Waals surface area contributed by atoms with Gasteiger partial charge in [-0.15, -0.1) is 0 Å². The number of carbonyl (C=O) groups is 2. The molecule has 11 heteroatoms. The number of nitrogens with one attached hydrogen (secondary N) is 1. The van der Waals surface area contributed by atoms with Crippen LogP contribution in [0.15, 0.2) is 45.7 Å². The van der Waals surface area contributed by atoms with Crippen molar-refractivity contribution in [2.75, 3.05) is 19.6 Å². The second kappa shape index (κ2) is 10.3. The first-order valence-electron chi connectivity index (χ1n) is 10.8. The van der Waals surface area contributed by atoms with Gasteiger partial charge in [0.2, 0.25) is 5.91 Å². The molecule has 3 heterocycles. The Labute approximate surface area is 204 Å². The molecule has 0 bridgehead atoms. The quantitative estimate of drug-likeness (QED) is 0.433. The zero-order valence-electron chi connectivity index (χ0n) is 18.1. The van der Waals surface area contributed by atoms with E-state index in [9.17, 15) is 22.8 Å². The van der Waals surface area contributed by atoms with E-state index in [4.69, 9.17) is 16.6 Å². The maximum atomic E-state index is 13.0. The molecular formula is C23H22F3N3O3S2. The number of alkyl halides is 3. The predicted octanol–water partition coefficient (Wildman–Crippen LogP) is 5.07. The molecule has 180 valence electrons. The zero-order valence-corrected chi connectivity index (χ0v) is 19.7. The highest BCUT2D eigenvalue weighted by Crippen LogP contribution is 2.35. The molecule has 2 aliphatic rings. The van der Waals surface area contributed by atoms with Crippen molar-refractivity contribution in [3.8, 4) is 11.3 Å². The second-order valence-electron chi connectivity index (χ2n) is 7.98. The van der Waals surface area contributed by atoms with Gasteiger partial charge >= 0.3 is 6.18 Å². The van der Waals surface area contributed by atoms with Gasteiger partial charge in [-0.25, -0.2) is 0 Å². The maximum absolute atomic E-state index is 13.0. The van der Waals surface area contributed by atoms with Crippen molar-refractivity contribution in [1.29, 1.82) is 0 Å². The molecule has 0 radical (unpaired) electrons. The van der Waals surface area contributed by atoms with Gasteiger partial charge in [-0.05, 0) is 62.4 Å². The van der Waals surface area contributed by atoms with E-state index in [1.807, 2.05) is 0 Å². The van der Waals surface area contributed by atoms with Gasteiger partial charge in [-0.3, -0.25) is 15.0 Å². The highest BCUT2D eigenvalue weighted by Gasteiger charge is 2.34. The highest BCUT2D eigenvalue weighted by atomic mass is 32.2. The predicted molar refractivity (Wildman–Crippen MR) is 127 cm³/mol. The monoisotopic (exact) mass is 509 g/mol. The molecule has 2 fully saturated rings. The summed E-state index contributed by atoms with van der Waals surface area (Å²) in [5.74, 6) is -0.269. The fourth-order valence-corrected chi connectivity index (χ4v) is 4.91. The highest BCUT2D eigenvalue weighted by molar-refractivity contribution is 8.26. The number of hydrogen-bond donors (Lipinski definition) is 1. The summed E-state index contributed by atoms with van der Waals surface area (Å²) in [4.78, 5) is 27.6. The molecule has 4 rings (SSSR count). The summed E-state index contributed by atoms with van der Waals surface area (Å²) in [6.07, 6.45) is 0.720. The van der Waals surface area contributed by atoms with Gasteiger partial charge in [0.15, 0.2) is 4.32 Å². The van der Waals surface area contributed by atoms with E-state index >= 15 is 0 Å². The number of halogens is 3. The Morgan fingerprint density at radius 2 is 1.94 bits per heavy atom. The van der Waals surface area contributed by atoms with Crippen LogP contribution in [0.3, 0.4) is 0 Å². The number of amides is 2. The number of thiocarbonyl (C=S) groups is 1. The lowest BCUT2D eigenvalue weighted by Crippen LogP contribution is -2.46. The third kappa shape index (κ3) is 5.89. The number of furan rings is 1. The molecule has 2 aliphatic heterocycles. The Morgan fingerprint density at radius 3 is 2.68 bits per heavy atom. The molecular weight excluding hydrogens is 487 g/mol. The first-order valence-corrected chi connectivity index (χ1v) is 12.0. The number of rotatable bonds is 6. The van der Waals surface area contributed by atoms with Crippen molar-refractivity contribution < 1.29 is 27.2 Å². The minimum Gasteiger partial charge on any atom is -0.457 e. The van der Waals surface area contributed by atoms with Crippen LogP contribution in [0.1, 0.15) is 37.0 Å². The average molecular weight is 510 g/mol. The van der Waals surface area contributed by atoms with E-state index in [0.717, 1.165) is 54.8 Å². The molecule has 1 N–H and O–H groups in total. The van der Waals surface area contributed by atoms with Crippen LogP contribution in [0.25, 0.3) is 17.4 Å². The van der Waals surface area contributed by atoms with E-state index < -0.39 is 17.6 Å². The Balaban J connectivity index is 1.39. The smallest absolute Gasteiger partial charge is 0.416 e. The van der Waals surface area contributed by atoms with Gasteiger partial charge in [0.05, 0.1) is 10.5 Å². The van der Waals surface area contributed by atoms with Crippen LogP contribution >= 0.6 is 24.0 Å². The number of thioether (sulfide) groups is 1. The standard InChI is InChI=1S/C23H22F3N3O3S2/c24-23(25,26)16-6-4-5-15(13-16)18-8-7-17(32-18)14-19-21(31)29(22(33)34-19)27-20(30)9-12-28-10-2-1-3-11-28/h4-8,13-14H,1-3,9-12H2,(H,27,30). The molecule has 6 nitrogen and oxygen atoms in total. The van der Waals surface area contributed by atoms with Crippen LogP contribution in [-0.2, 0) is 15.8 Å². The molecule has 2 saturated heterocycles. The van der Waals surface area contributed by atoms with E-state index in [0.29, 0.717) is 6.54 Å². The first kappa shape index (κ1) is 24.5. The average Bonchev–Trinajstić information content (AvgIpc) is 3.38. The van der Waals surface area contributed by atoms with Crippen molar-refractivity contribution in [3.05, 3.63) is 52.6 Å². The third-order valence-electron chi connectivity index (χ3n) is 5.51. The van der Waals surface area contributed by atoms with Crippen molar-refractivity contribution in [1.82, 2.24) is 15.3 Å². The summed E-state index contributed by atoms with van der Waals surface area (Å²) < 4.78 is 44.8. The van der Waals surface area contributed by atoms with Gasteiger partial charge in [-0.1, -0.05) is 30.3 Å². The SMILES string of the molecule is O=C(CCN1CCCCC1)NN1C(=O)C(=Cc2ccc(-c3cccc(C(F)(F)F)c3)o2)SC1=S. The molecule has 0 saturated carbocycles. The molecule has 0 spiro atoms. The number of hydrogen-bond acceptors (Lipinski definition) is 6. The van der Waals surface area contributed by atoms with E-state index in [2.05, 4.69) is 10.3 Å².